The minimum absolute atomic E-state index is 0.521. The van der Waals surface area contributed by atoms with Gasteiger partial charge in [-0.2, -0.15) is 0 Å². The normalized spacial score (nSPS) is 17.2. The Hall–Kier alpha value is -1.19. The number of rotatable bonds is 3. The molecule has 0 unspecified atom stereocenters. The fraction of sp³-hybridized carbons (Fsp3) is 0.462. The Morgan fingerprint density at radius 1 is 1.38 bits per heavy atom. The minimum atomic E-state index is 0.521. The Morgan fingerprint density at radius 3 is 2.88 bits per heavy atom. The van der Waals surface area contributed by atoms with Gasteiger partial charge in [0.25, 0.3) is 0 Å². The molecule has 0 amide bonds. The van der Waals surface area contributed by atoms with Crippen LogP contribution in [0.4, 0.5) is 0 Å². The number of hydrogen-bond donors (Lipinski definition) is 1. The highest BCUT2D eigenvalue weighted by molar-refractivity contribution is 5.12. The summed E-state index contributed by atoms with van der Waals surface area (Å²) in [5, 5.41) is 0. The van der Waals surface area contributed by atoms with Gasteiger partial charge in [-0.25, -0.2) is 0 Å². The molecule has 0 bridgehead atoms. The van der Waals surface area contributed by atoms with E-state index in [1.165, 1.54) is 12.0 Å². The van der Waals surface area contributed by atoms with E-state index in [1.54, 1.807) is 0 Å². The quantitative estimate of drug-likeness (QED) is 0.783. The predicted octanol–water partition coefficient (Wildman–Crippen LogP) is 1.69. The fourth-order valence-corrected chi connectivity index (χ4v) is 1.92. The highest BCUT2D eigenvalue weighted by Gasteiger charge is 2.10. The molecule has 1 aliphatic rings. The first kappa shape index (κ1) is 11.3. The molecule has 3 heteroatoms. The lowest BCUT2D eigenvalue weighted by atomic mass is 10.1. The third kappa shape index (κ3) is 2.90. The average Bonchev–Trinajstić information content (AvgIpc) is 2.32. The molecular weight excluding hydrogens is 198 g/mol. The molecule has 2 N–H and O–H groups in total. The smallest absolute Gasteiger partial charge is 0.0547 e. The van der Waals surface area contributed by atoms with Crippen molar-refractivity contribution in [3.8, 4) is 0 Å². The molecule has 86 valence electrons. The molecule has 1 aromatic rings. The molecule has 0 aliphatic carbocycles. The third-order valence-corrected chi connectivity index (χ3v) is 2.98. The van der Waals surface area contributed by atoms with E-state index in [0.717, 1.165) is 31.0 Å². The lowest BCUT2D eigenvalue weighted by molar-refractivity contribution is 0.282. The molecule has 1 aliphatic heterocycles. The molecule has 0 radical (unpaired) electrons. The molecule has 0 spiro atoms. The van der Waals surface area contributed by atoms with Crippen molar-refractivity contribution in [3.05, 3.63) is 41.2 Å². The van der Waals surface area contributed by atoms with Crippen LogP contribution >= 0.6 is 0 Å². The second-order valence-corrected chi connectivity index (χ2v) is 4.36. The summed E-state index contributed by atoms with van der Waals surface area (Å²) in [6, 6.07) is 6.09. The molecule has 0 saturated heterocycles. The zero-order chi connectivity index (χ0) is 11.4. The van der Waals surface area contributed by atoms with Crippen LogP contribution in [-0.2, 0) is 13.1 Å². The Bertz CT molecular complexity index is 385. The highest BCUT2D eigenvalue weighted by atomic mass is 15.1. The van der Waals surface area contributed by atoms with Crippen molar-refractivity contribution in [2.45, 2.75) is 26.4 Å². The van der Waals surface area contributed by atoms with E-state index in [4.69, 9.17) is 5.73 Å². The van der Waals surface area contributed by atoms with Crippen molar-refractivity contribution >= 4 is 0 Å². The van der Waals surface area contributed by atoms with Crippen LogP contribution in [-0.4, -0.2) is 23.0 Å². The van der Waals surface area contributed by atoms with Crippen LogP contribution in [0, 0.1) is 0 Å². The summed E-state index contributed by atoms with van der Waals surface area (Å²) >= 11 is 0. The van der Waals surface area contributed by atoms with Crippen LogP contribution in [0.1, 0.15) is 24.7 Å². The lowest BCUT2D eigenvalue weighted by Gasteiger charge is -2.24. The highest BCUT2D eigenvalue weighted by Crippen LogP contribution is 2.12. The van der Waals surface area contributed by atoms with Crippen LogP contribution in [0.25, 0.3) is 0 Å². The maximum absolute atomic E-state index is 5.58. The summed E-state index contributed by atoms with van der Waals surface area (Å²) in [7, 11) is 0. The standard InChI is InChI=1S/C13H19N3/c1-11-5-7-16(8-6-11)10-13-4-2-3-12(9-14)15-13/h2-5H,6-10,14H2,1H3. The van der Waals surface area contributed by atoms with E-state index in [0.29, 0.717) is 6.54 Å². The molecule has 0 atom stereocenters. The summed E-state index contributed by atoms with van der Waals surface area (Å²) in [4.78, 5) is 6.93. The average molecular weight is 217 g/mol. The third-order valence-electron chi connectivity index (χ3n) is 2.98. The summed E-state index contributed by atoms with van der Waals surface area (Å²) in [6.45, 7) is 5.83. The molecule has 3 nitrogen and oxygen atoms in total. The van der Waals surface area contributed by atoms with Crippen LogP contribution in [0.15, 0.2) is 29.8 Å². The Kier molecular flexibility index (Phi) is 3.70. The van der Waals surface area contributed by atoms with Gasteiger partial charge in [0.15, 0.2) is 0 Å². The first-order valence-corrected chi connectivity index (χ1v) is 5.81. The van der Waals surface area contributed by atoms with Gasteiger partial charge in [0, 0.05) is 26.2 Å². The van der Waals surface area contributed by atoms with E-state index in [1.807, 2.05) is 12.1 Å². The van der Waals surface area contributed by atoms with Gasteiger partial charge >= 0.3 is 0 Å². The number of hydrogen-bond acceptors (Lipinski definition) is 3. The molecule has 0 aromatic carbocycles. The maximum atomic E-state index is 5.58. The monoisotopic (exact) mass is 217 g/mol. The van der Waals surface area contributed by atoms with Crippen LogP contribution in [0.3, 0.4) is 0 Å². The van der Waals surface area contributed by atoms with Gasteiger partial charge in [0.05, 0.1) is 11.4 Å². The first-order chi connectivity index (χ1) is 7.78. The van der Waals surface area contributed by atoms with Gasteiger partial charge in [-0.3, -0.25) is 9.88 Å². The molecule has 16 heavy (non-hydrogen) atoms. The first-order valence-electron chi connectivity index (χ1n) is 5.81. The number of nitrogens with zero attached hydrogens (tertiary/aromatic N) is 2. The predicted molar refractivity (Wildman–Crippen MR) is 65.8 cm³/mol. The number of nitrogens with two attached hydrogens (primary N) is 1. The van der Waals surface area contributed by atoms with Gasteiger partial charge in [-0.15, -0.1) is 0 Å². The van der Waals surface area contributed by atoms with Crippen molar-refractivity contribution in [3.63, 3.8) is 0 Å². The minimum Gasteiger partial charge on any atom is -0.325 e. The largest absolute Gasteiger partial charge is 0.325 e. The van der Waals surface area contributed by atoms with Crippen molar-refractivity contribution in [1.82, 2.24) is 9.88 Å². The molecule has 0 fully saturated rings. The molecule has 0 saturated carbocycles. The van der Waals surface area contributed by atoms with Gasteiger partial charge in [-0.1, -0.05) is 17.7 Å². The molecule has 2 rings (SSSR count). The summed E-state index contributed by atoms with van der Waals surface area (Å²) in [6.07, 6.45) is 3.48. The van der Waals surface area contributed by atoms with Gasteiger partial charge in [-0.05, 0) is 25.5 Å². The number of pyridine rings is 1. The van der Waals surface area contributed by atoms with Crippen LogP contribution < -0.4 is 5.73 Å². The van der Waals surface area contributed by atoms with Crippen molar-refractivity contribution in [2.75, 3.05) is 13.1 Å². The fourth-order valence-electron chi connectivity index (χ4n) is 1.92. The Balaban J connectivity index is 1.98. The van der Waals surface area contributed by atoms with E-state index < -0.39 is 0 Å². The van der Waals surface area contributed by atoms with E-state index in [-0.39, 0.29) is 0 Å². The summed E-state index contributed by atoms with van der Waals surface area (Å²) in [5.74, 6) is 0. The zero-order valence-electron chi connectivity index (χ0n) is 9.82. The van der Waals surface area contributed by atoms with Gasteiger partial charge in [0.1, 0.15) is 0 Å². The van der Waals surface area contributed by atoms with E-state index in [2.05, 4.69) is 29.0 Å². The lowest BCUT2D eigenvalue weighted by Crippen LogP contribution is -2.28. The molecular formula is C13H19N3. The summed E-state index contributed by atoms with van der Waals surface area (Å²) < 4.78 is 0. The Labute approximate surface area is 97.0 Å². The Morgan fingerprint density at radius 2 is 2.19 bits per heavy atom. The van der Waals surface area contributed by atoms with Crippen LogP contribution in [0.2, 0.25) is 0 Å². The maximum Gasteiger partial charge on any atom is 0.0547 e. The molecule has 1 aromatic heterocycles. The van der Waals surface area contributed by atoms with Gasteiger partial charge < -0.3 is 5.73 Å². The second kappa shape index (κ2) is 5.23. The zero-order valence-corrected chi connectivity index (χ0v) is 9.82. The topological polar surface area (TPSA) is 42.1 Å². The summed E-state index contributed by atoms with van der Waals surface area (Å²) in [5.41, 5.74) is 9.18. The van der Waals surface area contributed by atoms with Crippen LogP contribution in [0.5, 0.6) is 0 Å². The van der Waals surface area contributed by atoms with E-state index in [9.17, 15) is 0 Å². The molecule has 2 heterocycles. The van der Waals surface area contributed by atoms with Gasteiger partial charge in [0.2, 0.25) is 0 Å². The van der Waals surface area contributed by atoms with Crippen molar-refractivity contribution < 1.29 is 0 Å². The SMILES string of the molecule is CC1=CCN(Cc2cccc(CN)n2)CC1. The van der Waals surface area contributed by atoms with E-state index >= 15 is 0 Å². The second-order valence-electron chi connectivity index (χ2n) is 4.36. The number of aromatic nitrogens is 1. The van der Waals surface area contributed by atoms with Crippen molar-refractivity contribution in [1.29, 1.82) is 0 Å². The van der Waals surface area contributed by atoms with Crippen molar-refractivity contribution in [2.24, 2.45) is 5.73 Å².